The van der Waals surface area contributed by atoms with Crippen molar-refractivity contribution in [2.75, 3.05) is 25.2 Å². The van der Waals surface area contributed by atoms with Gasteiger partial charge in [-0.1, -0.05) is 0 Å². The molecule has 0 saturated carbocycles. The van der Waals surface area contributed by atoms with Gasteiger partial charge in [0.15, 0.2) is 0 Å². The molecular weight excluding hydrogens is 226 g/mol. The van der Waals surface area contributed by atoms with Crippen LogP contribution in [-0.2, 0) is 4.74 Å². The van der Waals surface area contributed by atoms with Crippen molar-refractivity contribution < 1.29 is 9.47 Å². The lowest BCUT2D eigenvalue weighted by Crippen LogP contribution is -2.10. The van der Waals surface area contributed by atoms with Crippen LogP contribution < -0.4 is 10.5 Å². The van der Waals surface area contributed by atoms with E-state index in [1.54, 1.807) is 7.11 Å². The van der Waals surface area contributed by atoms with Gasteiger partial charge in [0, 0.05) is 12.9 Å². The third-order valence-electron chi connectivity index (χ3n) is 1.68. The highest BCUT2D eigenvalue weighted by Crippen LogP contribution is 2.28. The number of aromatic nitrogens is 2. The summed E-state index contributed by atoms with van der Waals surface area (Å²) < 4.78 is 10.4. The van der Waals surface area contributed by atoms with Crippen LogP contribution in [0.5, 0.6) is 5.88 Å². The number of nitrogens with zero attached hydrogens (tertiary/aromatic N) is 2. The summed E-state index contributed by atoms with van der Waals surface area (Å²) in [6, 6.07) is 0. The minimum atomic E-state index is 0.0500. The van der Waals surface area contributed by atoms with Gasteiger partial charge in [0.2, 0.25) is 5.88 Å². The minimum Gasteiger partial charge on any atom is -0.473 e. The van der Waals surface area contributed by atoms with Crippen LogP contribution in [0.2, 0.25) is 0 Å². The molecule has 0 bridgehead atoms. The summed E-state index contributed by atoms with van der Waals surface area (Å²) in [4.78, 5) is 8.11. The van der Waals surface area contributed by atoms with Crippen molar-refractivity contribution in [2.24, 2.45) is 0 Å². The first-order chi connectivity index (χ1) is 7.65. The average molecular weight is 243 g/mol. The zero-order valence-electron chi connectivity index (χ0n) is 9.77. The number of nitrogen functional groups attached to an aromatic ring is 1. The van der Waals surface area contributed by atoms with Crippen LogP contribution in [0.1, 0.15) is 13.8 Å². The summed E-state index contributed by atoms with van der Waals surface area (Å²) in [5, 5.41) is 0.739. The maximum atomic E-state index is 5.90. The molecule has 0 atom stereocenters. The Morgan fingerprint density at radius 3 is 2.81 bits per heavy atom. The Hall–Kier alpha value is -1.01. The van der Waals surface area contributed by atoms with Crippen LogP contribution in [0.4, 0.5) is 5.69 Å². The summed E-state index contributed by atoms with van der Waals surface area (Å²) in [7, 11) is 1.66. The molecule has 0 fully saturated rings. The molecule has 16 heavy (non-hydrogen) atoms. The summed E-state index contributed by atoms with van der Waals surface area (Å²) in [6.45, 7) is 4.52. The molecule has 2 N–H and O–H groups in total. The highest BCUT2D eigenvalue weighted by atomic mass is 32.2. The van der Waals surface area contributed by atoms with Crippen molar-refractivity contribution in [3.8, 4) is 5.88 Å². The Morgan fingerprint density at radius 2 is 2.19 bits per heavy atom. The molecule has 0 unspecified atom stereocenters. The largest absolute Gasteiger partial charge is 0.473 e. The van der Waals surface area contributed by atoms with Gasteiger partial charge in [0.05, 0.1) is 12.7 Å². The van der Waals surface area contributed by atoms with Gasteiger partial charge in [-0.25, -0.2) is 4.98 Å². The van der Waals surface area contributed by atoms with Crippen molar-refractivity contribution in [3.05, 3.63) is 6.33 Å². The van der Waals surface area contributed by atoms with E-state index >= 15 is 0 Å². The van der Waals surface area contributed by atoms with E-state index in [2.05, 4.69) is 9.97 Å². The fourth-order valence-electron chi connectivity index (χ4n) is 1.02. The molecule has 0 aliphatic heterocycles. The standard InChI is InChI=1S/C10H17N3O2S/c1-7(2)15-9-8(11)10(13-6-12-9)16-5-4-14-3/h6-7H,4-5,11H2,1-3H3. The number of ether oxygens (including phenoxy) is 2. The Labute approximate surface area is 99.8 Å². The lowest BCUT2D eigenvalue weighted by molar-refractivity contribution is 0.218. The summed E-state index contributed by atoms with van der Waals surface area (Å²) >= 11 is 1.53. The molecule has 1 heterocycles. The van der Waals surface area contributed by atoms with Crippen molar-refractivity contribution in [1.29, 1.82) is 0 Å². The molecule has 90 valence electrons. The zero-order chi connectivity index (χ0) is 12.0. The molecule has 0 radical (unpaired) electrons. The van der Waals surface area contributed by atoms with Gasteiger partial charge in [0.1, 0.15) is 17.0 Å². The number of thioether (sulfide) groups is 1. The van der Waals surface area contributed by atoms with Crippen molar-refractivity contribution in [3.63, 3.8) is 0 Å². The number of anilines is 1. The first-order valence-corrected chi connectivity index (χ1v) is 6.02. The number of hydrogen-bond acceptors (Lipinski definition) is 6. The van der Waals surface area contributed by atoms with E-state index in [1.807, 2.05) is 13.8 Å². The quantitative estimate of drug-likeness (QED) is 0.465. The van der Waals surface area contributed by atoms with Gasteiger partial charge < -0.3 is 15.2 Å². The highest BCUT2D eigenvalue weighted by Gasteiger charge is 2.10. The lowest BCUT2D eigenvalue weighted by Gasteiger charge is -2.12. The molecule has 1 rings (SSSR count). The number of rotatable bonds is 6. The third kappa shape index (κ3) is 3.86. The van der Waals surface area contributed by atoms with Gasteiger partial charge in [-0.15, -0.1) is 11.8 Å². The van der Waals surface area contributed by atoms with Gasteiger partial charge in [-0.2, -0.15) is 4.98 Å². The smallest absolute Gasteiger partial charge is 0.241 e. The molecule has 0 aliphatic carbocycles. The zero-order valence-corrected chi connectivity index (χ0v) is 10.6. The van der Waals surface area contributed by atoms with Gasteiger partial charge in [-0.05, 0) is 13.8 Å². The van der Waals surface area contributed by atoms with Crippen molar-refractivity contribution in [1.82, 2.24) is 9.97 Å². The Bertz CT molecular complexity index is 334. The van der Waals surface area contributed by atoms with Crippen LogP contribution in [0.15, 0.2) is 11.4 Å². The van der Waals surface area contributed by atoms with Gasteiger partial charge in [0.25, 0.3) is 0 Å². The first-order valence-electron chi connectivity index (χ1n) is 5.04. The maximum absolute atomic E-state index is 5.90. The predicted molar refractivity (Wildman–Crippen MR) is 64.8 cm³/mol. The summed E-state index contributed by atoms with van der Waals surface area (Å²) in [6.07, 6.45) is 1.51. The highest BCUT2D eigenvalue weighted by molar-refractivity contribution is 7.99. The van der Waals surface area contributed by atoms with Crippen LogP contribution in [0.25, 0.3) is 0 Å². The second kappa shape index (κ2) is 6.55. The van der Waals surface area contributed by atoms with Gasteiger partial charge >= 0.3 is 0 Å². The van der Waals surface area contributed by atoms with E-state index in [0.717, 1.165) is 10.8 Å². The maximum Gasteiger partial charge on any atom is 0.241 e. The second-order valence-electron chi connectivity index (χ2n) is 3.41. The van der Waals surface area contributed by atoms with E-state index in [9.17, 15) is 0 Å². The molecule has 1 aromatic rings. The lowest BCUT2D eigenvalue weighted by atomic mass is 10.4. The molecule has 0 aliphatic rings. The van der Waals surface area contributed by atoms with Gasteiger partial charge in [-0.3, -0.25) is 0 Å². The molecule has 0 amide bonds. The number of methoxy groups -OCH3 is 1. The SMILES string of the molecule is COCCSc1ncnc(OC(C)C)c1N. The van der Waals surface area contributed by atoms with E-state index in [4.69, 9.17) is 15.2 Å². The molecular formula is C10H17N3O2S. The number of nitrogens with two attached hydrogens (primary N) is 1. The van der Waals surface area contributed by atoms with E-state index in [-0.39, 0.29) is 6.10 Å². The Balaban J connectivity index is 2.70. The molecule has 6 heteroatoms. The normalized spacial score (nSPS) is 10.8. The Kier molecular flexibility index (Phi) is 5.34. The van der Waals surface area contributed by atoms with Crippen molar-refractivity contribution >= 4 is 17.4 Å². The van der Waals surface area contributed by atoms with E-state index in [1.165, 1.54) is 18.1 Å². The summed E-state index contributed by atoms with van der Waals surface area (Å²) in [5.41, 5.74) is 6.40. The minimum absolute atomic E-state index is 0.0500. The third-order valence-corrected chi connectivity index (χ3v) is 2.65. The Morgan fingerprint density at radius 1 is 1.44 bits per heavy atom. The molecule has 0 spiro atoms. The summed E-state index contributed by atoms with van der Waals surface area (Å²) in [5.74, 6) is 1.25. The van der Waals surface area contributed by atoms with Crippen molar-refractivity contribution in [2.45, 2.75) is 25.0 Å². The van der Waals surface area contributed by atoms with E-state index < -0.39 is 0 Å². The fraction of sp³-hybridized carbons (Fsp3) is 0.600. The van der Waals surface area contributed by atoms with Crippen LogP contribution in [0.3, 0.4) is 0 Å². The fourth-order valence-corrected chi connectivity index (χ4v) is 1.83. The number of hydrogen-bond donors (Lipinski definition) is 1. The van der Waals surface area contributed by atoms with Crippen LogP contribution in [0, 0.1) is 0 Å². The first kappa shape index (κ1) is 13.1. The molecule has 0 aromatic carbocycles. The van der Waals surface area contributed by atoms with Crippen LogP contribution in [-0.4, -0.2) is 35.5 Å². The van der Waals surface area contributed by atoms with Crippen LogP contribution >= 0.6 is 11.8 Å². The molecule has 1 aromatic heterocycles. The van der Waals surface area contributed by atoms with E-state index in [0.29, 0.717) is 18.2 Å². The monoisotopic (exact) mass is 243 g/mol. The molecule has 5 nitrogen and oxygen atoms in total. The topological polar surface area (TPSA) is 70.3 Å². The second-order valence-corrected chi connectivity index (χ2v) is 4.49. The average Bonchev–Trinajstić information content (AvgIpc) is 2.23. The molecule has 0 saturated heterocycles. The predicted octanol–water partition coefficient (Wildman–Crippen LogP) is 1.58.